The Labute approximate surface area is 356 Å². The van der Waals surface area contributed by atoms with E-state index < -0.39 is 87.2 Å². The van der Waals surface area contributed by atoms with Crippen molar-refractivity contribution in [2.24, 2.45) is 5.16 Å². The number of oxime groups is 1. The number of carbonyl (C=O) groups is 6. The maximum atomic E-state index is 13.6. The van der Waals surface area contributed by atoms with Gasteiger partial charge in [-0.15, -0.1) is 11.8 Å². The number of halogens is 2. The van der Waals surface area contributed by atoms with E-state index in [4.69, 9.17) is 38.9 Å². The lowest BCUT2D eigenvalue weighted by Crippen LogP contribution is -2.71. The molecule has 1 aromatic carbocycles. The number of fused-ring (bicyclic) bond motifs is 2. The highest BCUT2D eigenvalue weighted by molar-refractivity contribution is 8.00. The first-order chi connectivity index (χ1) is 28.4. The molecule has 21 nitrogen and oxygen atoms in total. The van der Waals surface area contributed by atoms with Crippen LogP contribution in [0.1, 0.15) is 42.2 Å². The molecule has 2 aromatic heterocycles. The molecule has 0 radical (unpaired) electrons. The summed E-state index contributed by atoms with van der Waals surface area (Å²) in [6.45, 7) is 3.97. The molecule has 3 aromatic rings. The van der Waals surface area contributed by atoms with E-state index in [2.05, 4.69) is 20.8 Å². The number of thiazole rings is 1. The van der Waals surface area contributed by atoms with E-state index in [0.29, 0.717) is 36.2 Å². The highest BCUT2D eigenvalue weighted by Crippen LogP contribution is 2.42. The van der Waals surface area contributed by atoms with Crippen molar-refractivity contribution in [1.29, 1.82) is 0 Å². The smallest absolute Gasteiger partial charge is 0.352 e. The van der Waals surface area contributed by atoms with Crippen LogP contribution in [0.3, 0.4) is 0 Å². The predicted octanol–water partition coefficient (Wildman–Crippen LogP) is 1.21. The van der Waals surface area contributed by atoms with Gasteiger partial charge in [-0.25, -0.2) is 14.6 Å². The number of quaternary nitrogens is 1. The van der Waals surface area contributed by atoms with E-state index in [9.17, 15) is 54.0 Å². The molecule has 5 heterocycles. The van der Waals surface area contributed by atoms with Crippen LogP contribution in [-0.4, -0.2) is 142 Å². The molecule has 0 bridgehead atoms. The van der Waals surface area contributed by atoms with Crippen LogP contribution in [-0.2, 0) is 35.4 Å². The van der Waals surface area contributed by atoms with Gasteiger partial charge in [0.05, 0.1) is 48.5 Å². The zero-order valence-electron chi connectivity index (χ0n) is 31.3. The molecule has 3 amide bonds. The second-order valence-corrected chi connectivity index (χ2v) is 17.1. The third-order valence-electron chi connectivity index (χ3n) is 10.2. The fraction of sp³-hybridized carbons (Fsp3) is 0.400. The first kappa shape index (κ1) is 43.9. The molecule has 9 N–H and O–H groups in total. The fourth-order valence-electron chi connectivity index (χ4n) is 7.39. The van der Waals surface area contributed by atoms with Crippen molar-refractivity contribution in [1.82, 2.24) is 25.1 Å². The van der Waals surface area contributed by atoms with Crippen molar-refractivity contribution >= 4 is 104 Å². The number of nitrogens with zero attached hydrogens (tertiary/aromatic N) is 5. The largest absolute Gasteiger partial charge is 0.504 e. The number of pyridine rings is 1. The summed E-state index contributed by atoms with van der Waals surface area (Å²) in [6.07, 6.45) is -0.0649. The Morgan fingerprint density at radius 3 is 2.43 bits per heavy atom. The Bertz CT molecular complexity index is 2450. The summed E-state index contributed by atoms with van der Waals surface area (Å²) in [5.41, 5.74) is 4.12. The number of carboxylic acids is 3. The number of rotatable bonds is 16. The van der Waals surface area contributed by atoms with E-state index >= 15 is 0 Å². The first-order valence-electron chi connectivity index (χ1n) is 18.1. The van der Waals surface area contributed by atoms with E-state index in [-0.39, 0.29) is 56.2 Å². The number of hydrogen-bond acceptors (Lipinski definition) is 15. The van der Waals surface area contributed by atoms with Crippen LogP contribution in [0.2, 0.25) is 9.36 Å². The molecule has 3 unspecified atom stereocenters. The number of β-lactam (4-membered cyclic amide) rings is 1. The van der Waals surface area contributed by atoms with Crippen molar-refractivity contribution < 1.29 is 63.6 Å². The first-order valence-corrected chi connectivity index (χ1v) is 20.7. The van der Waals surface area contributed by atoms with Gasteiger partial charge in [-0.05, 0) is 6.92 Å². The number of aromatic nitrogens is 2. The summed E-state index contributed by atoms with van der Waals surface area (Å²) in [7, 11) is 0. The molecule has 25 heteroatoms. The van der Waals surface area contributed by atoms with E-state index in [0.717, 1.165) is 29.1 Å². The number of anilines is 1. The van der Waals surface area contributed by atoms with E-state index in [1.807, 2.05) is 0 Å². The molecule has 320 valence electrons. The van der Waals surface area contributed by atoms with Crippen molar-refractivity contribution in [3.8, 4) is 11.5 Å². The lowest BCUT2D eigenvalue weighted by atomic mass is 10.0. The minimum absolute atomic E-state index is 0.0883. The van der Waals surface area contributed by atoms with Gasteiger partial charge in [-0.2, -0.15) is 0 Å². The average Bonchev–Trinajstić information content (AvgIpc) is 3.79. The third-order valence-corrected chi connectivity index (χ3v) is 13.0. The Morgan fingerprint density at radius 2 is 1.83 bits per heavy atom. The molecule has 2 fully saturated rings. The molecule has 3 aliphatic heterocycles. The minimum Gasteiger partial charge on any atom is -0.504 e. The van der Waals surface area contributed by atoms with Crippen LogP contribution in [0.5, 0.6) is 11.5 Å². The van der Waals surface area contributed by atoms with Gasteiger partial charge in [0.1, 0.15) is 39.3 Å². The summed E-state index contributed by atoms with van der Waals surface area (Å²) >= 11 is 14.4. The number of likely N-dealkylation sites (tertiary alicyclic amines) is 1. The number of benzene rings is 1. The van der Waals surface area contributed by atoms with Crippen LogP contribution in [0.4, 0.5) is 5.13 Å². The zero-order valence-corrected chi connectivity index (χ0v) is 34.5. The van der Waals surface area contributed by atoms with Crippen molar-refractivity contribution in [3.05, 3.63) is 54.4 Å². The molecular weight excluding hydrogens is 875 g/mol. The Morgan fingerprint density at radius 1 is 1.13 bits per heavy atom. The standard InChI is InChI=1S/C35H36Cl2N8O13S2/c1-2-43-11-15(26(49)20-16(43)9-17(46)27(50)21(20)36)29(51)39-5-8-45(6-3-4-7-45)12-14-13-59-32-24(31(53)44(32)25(14)34(56)57)40-30(52)23(22-28(37)60-35(38)41-22)42-58-18(33(54)55)10-19(47)48/h9,11,18,24,32H,2-8,10,12-13H2,1H3,(H8-,38,39,40,41,42,46,47,48,49,50,51,52,54,55,56,57)/p+1. The molecule has 6 rings (SSSR count). The van der Waals surface area contributed by atoms with E-state index in [1.165, 1.54) is 24.0 Å². The average molecular weight is 913 g/mol. The van der Waals surface area contributed by atoms with Gasteiger partial charge in [-0.3, -0.25) is 28.9 Å². The van der Waals surface area contributed by atoms with Gasteiger partial charge < -0.3 is 55.8 Å². The maximum absolute atomic E-state index is 13.6. The van der Waals surface area contributed by atoms with Gasteiger partial charge in [-0.1, -0.05) is 39.7 Å². The molecule has 0 aliphatic carbocycles. The van der Waals surface area contributed by atoms with Gasteiger partial charge in [0.25, 0.3) is 17.7 Å². The Hall–Kier alpha value is -5.62. The normalized spacial score (nSPS) is 19.1. The molecule has 3 aliphatic rings. The topological polar surface area (TPSA) is 313 Å². The summed E-state index contributed by atoms with van der Waals surface area (Å²) in [5.74, 6) is -8.25. The van der Waals surface area contributed by atoms with Gasteiger partial charge in [0, 0.05) is 43.0 Å². The highest BCUT2D eigenvalue weighted by Gasteiger charge is 2.55. The van der Waals surface area contributed by atoms with Crippen LogP contribution in [0.25, 0.3) is 10.9 Å². The van der Waals surface area contributed by atoms with Crippen LogP contribution in [0.15, 0.2) is 33.5 Å². The number of aromatic hydroxyl groups is 2. The molecule has 2 saturated heterocycles. The van der Waals surface area contributed by atoms with Crippen molar-refractivity contribution in [2.75, 3.05) is 44.2 Å². The number of carboxylic acid groups (broad SMARTS) is 3. The number of aliphatic carboxylic acids is 3. The summed E-state index contributed by atoms with van der Waals surface area (Å²) in [5, 5.41) is 56.3. The monoisotopic (exact) mass is 911 g/mol. The van der Waals surface area contributed by atoms with Gasteiger partial charge >= 0.3 is 17.9 Å². The zero-order chi connectivity index (χ0) is 43.8. The number of nitrogens with one attached hydrogen (secondary N) is 2. The Kier molecular flexibility index (Phi) is 12.8. The predicted molar refractivity (Wildman–Crippen MR) is 216 cm³/mol. The van der Waals surface area contributed by atoms with Crippen molar-refractivity contribution in [3.63, 3.8) is 0 Å². The molecule has 3 atom stereocenters. The van der Waals surface area contributed by atoms with Gasteiger partial charge in [0.2, 0.25) is 11.5 Å². The highest BCUT2D eigenvalue weighted by atomic mass is 35.5. The molecular formula is C35H37Cl2N8O13S2+. The quantitative estimate of drug-likeness (QED) is 0.0329. The van der Waals surface area contributed by atoms with Crippen LogP contribution < -0.4 is 21.8 Å². The number of carbonyl (C=O) groups excluding carboxylic acids is 3. The maximum Gasteiger partial charge on any atom is 0.352 e. The third kappa shape index (κ3) is 8.52. The number of phenolic OH excluding ortho intramolecular Hbond substituents is 2. The number of nitrogens with two attached hydrogens (primary N) is 1. The van der Waals surface area contributed by atoms with Gasteiger partial charge in [0.15, 0.2) is 22.3 Å². The second-order valence-electron chi connectivity index (χ2n) is 14.0. The number of nitrogen functional groups attached to an aromatic ring is 1. The van der Waals surface area contributed by atoms with Crippen LogP contribution >= 0.6 is 46.3 Å². The number of amides is 3. The summed E-state index contributed by atoms with van der Waals surface area (Å²) in [6, 6.07) is -0.0957. The lowest BCUT2D eigenvalue weighted by molar-refractivity contribution is -0.911. The van der Waals surface area contributed by atoms with Crippen molar-refractivity contribution in [2.45, 2.75) is 50.3 Å². The van der Waals surface area contributed by atoms with Crippen LogP contribution in [0, 0.1) is 0 Å². The molecule has 0 saturated carbocycles. The Balaban J connectivity index is 1.18. The summed E-state index contributed by atoms with van der Waals surface area (Å²) in [4.78, 5) is 99.4. The number of thioether (sulfide) groups is 1. The lowest BCUT2D eigenvalue weighted by Gasteiger charge is -2.50. The second kappa shape index (κ2) is 17.5. The number of hydrogen-bond donors (Lipinski definition) is 8. The minimum atomic E-state index is -2.01. The van der Waals surface area contributed by atoms with E-state index in [1.54, 1.807) is 11.5 Å². The SMILES string of the molecule is CCn1cc(C(=O)NCC[N+]2(CC3=C(C(=O)O)N4C(=O)C(NC(=O)C(=NOC(CC(=O)O)C(=O)O)c5nc(N)sc5Cl)C4SC3)CCCC2)c(=O)c2c(Cl)c(O)c(O)cc21. The summed E-state index contributed by atoms with van der Waals surface area (Å²) < 4.78 is 1.76. The fourth-order valence-corrected chi connectivity index (χ4v) is 9.93. The number of phenols is 2. The molecule has 0 spiro atoms. The molecule has 60 heavy (non-hydrogen) atoms. The number of aryl methyl sites for hydroxylation is 1.